The Morgan fingerprint density at radius 1 is 0.688 bits per heavy atom. The first-order chi connectivity index (χ1) is 15.4. The summed E-state index contributed by atoms with van der Waals surface area (Å²) in [6.45, 7) is 0. The average Bonchev–Trinajstić information content (AvgIpc) is 3.42. The molecule has 4 rings (SSSR count). The van der Waals surface area contributed by atoms with Gasteiger partial charge in [-0.15, -0.1) is 22.7 Å². The highest BCUT2D eigenvalue weighted by atomic mass is 35.5. The van der Waals surface area contributed by atoms with Crippen molar-refractivity contribution in [3.8, 4) is 34.7 Å². The number of hydrogen-bond acceptors (Lipinski definition) is 6. The third kappa shape index (κ3) is 4.63. The minimum Gasteiger partial charge on any atom is -0.240 e. The van der Waals surface area contributed by atoms with Crippen molar-refractivity contribution >= 4 is 69.1 Å². The fraction of sp³-hybridized carbons (Fsp3) is 0.0909. The highest BCUT2D eigenvalue weighted by Crippen LogP contribution is 2.40. The standard InChI is InChI=1S/C22H10Cl4N4S2/c23-11-1-3-13(17(25)5-11)19-9-31-21(29-19)15(7-27)16(8-28)22-30-20(10-32-22)14-4-2-12(24)6-18(14)26/h1-6,9-10,15-16H. The number of halogens is 4. The largest absolute Gasteiger partial charge is 0.240 e. The van der Waals surface area contributed by atoms with Gasteiger partial charge in [0.05, 0.1) is 33.6 Å². The second kappa shape index (κ2) is 9.77. The van der Waals surface area contributed by atoms with Crippen LogP contribution < -0.4 is 0 Å². The molecule has 158 valence electrons. The second-order valence-corrected chi connectivity index (χ2v) is 10.1. The fourth-order valence-electron chi connectivity index (χ4n) is 3.05. The molecule has 4 nitrogen and oxygen atoms in total. The predicted octanol–water partition coefficient (Wildman–Crippen LogP) is 8.46. The molecule has 4 aromatic rings. The first kappa shape index (κ1) is 23.0. The van der Waals surface area contributed by atoms with E-state index in [0.717, 1.165) is 0 Å². The van der Waals surface area contributed by atoms with E-state index in [4.69, 9.17) is 46.4 Å². The summed E-state index contributed by atoms with van der Waals surface area (Å²) in [5.74, 6) is -1.57. The molecule has 0 N–H and O–H groups in total. The van der Waals surface area contributed by atoms with Gasteiger partial charge in [0.25, 0.3) is 0 Å². The predicted molar refractivity (Wildman–Crippen MR) is 132 cm³/mol. The molecule has 32 heavy (non-hydrogen) atoms. The van der Waals surface area contributed by atoms with Crippen LogP contribution in [0.1, 0.15) is 21.9 Å². The van der Waals surface area contributed by atoms with Crippen LogP contribution >= 0.6 is 69.1 Å². The maximum atomic E-state index is 9.87. The van der Waals surface area contributed by atoms with E-state index in [1.54, 1.807) is 36.4 Å². The van der Waals surface area contributed by atoms with E-state index in [0.29, 0.717) is 52.6 Å². The molecule has 0 saturated carbocycles. The first-order valence-corrected chi connectivity index (χ1v) is 12.3. The van der Waals surface area contributed by atoms with Crippen LogP contribution in [0.4, 0.5) is 0 Å². The van der Waals surface area contributed by atoms with Crippen molar-refractivity contribution in [2.24, 2.45) is 0 Å². The van der Waals surface area contributed by atoms with Crippen LogP contribution in [0.25, 0.3) is 22.5 Å². The van der Waals surface area contributed by atoms with Gasteiger partial charge < -0.3 is 0 Å². The third-order valence-corrected chi connectivity index (χ3v) is 7.55. The zero-order valence-corrected chi connectivity index (χ0v) is 20.5. The van der Waals surface area contributed by atoms with Gasteiger partial charge in [0.15, 0.2) is 0 Å². The van der Waals surface area contributed by atoms with Gasteiger partial charge in [-0.2, -0.15) is 10.5 Å². The maximum absolute atomic E-state index is 9.87. The molecule has 0 aliphatic heterocycles. The highest BCUT2D eigenvalue weighted by molar-refractivity contribution is 7.10. The van der Waals surface area contributed by atoms with E-state index in [1.165, 1.54) is 22.7 Å². The van der Waals surface area contributed by atoms with Crippen molar-refractivity contribution in [2.45, 2.75) is 11.8 Å². The lowest BCUT2D eigenvalue weighted by molar-refractivity contribution is 0.749. The molecule has 0 radical (unpaired) electrons. The van der Waals surface area contributed by atoms with E-state index in [1.807, 2.05) is 10.8 Å². The number of nitrogens with zero attached hydrogens (tertiary/aromatic N) is 4. The Kier molecular flexibility index (Phi) is 7.02. The van der Waals surface area contributed by atoms with Crippen molar-refractivity contribution in [1.82, 2.24) is 9.97 Å². The lowest BCUT2D eigenvalue weighted by atomic mass is 9.96. The smallest absolute Gasteiger partial charge is 0.120 e. The molecular formula is C22H10Cl4N4S2. The number of nitriles is 2. The van der Waals surface area contributed by atoms with Gasteiger partial charge in [0.2, 0.25) is 0 Å². The molecule has 0 aliphatic carbocycles. The molecule has 2 atom stereocenters. The summed E-state index contributed by atoms with van der Waals surface area (Å²) in [7, 11) is 0. The summed E-state index contributed by atoms with van der Waals surface area (Å²) >= 11 is 27.1. The Hall–Kier alpha value is -2.16. The molecule has 0 fully saturated rings. The van der Waals surface area contributed by atoms with Gasteiger partial charge in [-0.3, -0.25) is 0 Å². The monoisotopic (exact) mass is 534 g/mol. The minimum atomic E-state index is -0.787. The zero-order valence-electron chi connectivity index (χ0n) is 15.9. The molecular weight excluding hydrogens is 526 g/mol. The van der Waals surface area contributed by atoms with Crippen molar-refractivity contribution in [1.29, 1.82) is 10.5 Å². The summed E-state index contributed by atoms with van der Waals surface area (Å²) in [4.78, 5) is 9.17. The lowest BCUT2D eigenvalue weighted by Crippen LogP contribution is -2.08. The number of hydrogen-bond donors (Lipinski definition) is 0. The Bertz CT molecular complexity index is 1280. The summed E-state index contributed by atoms with van der Waals surface area (Å²) in [5, 5.41) is 26.4. The number of thiazole rings is 2. The summed E-state index contributed by atoms with van der Waals surface area (Å²) in [6, 6.07) is 14.7. The van der Waals surface area contributed by atoms with Crippen LogP contribution in [0.15, 0.2) is 47.2 Å². The summed E-state index contributed by atoms with van der Waals surface area (Å²) in [5.41, 5.74) is 2.66. The van der Waals surface area contributed by atoms with E-state index in [9.17, 15) is 10.5 Å². The summed E-state index contributed by atoms with van der Waals surface area (Å²) < 4.78 is 0. The second-order valence-electron chi connectivity index (χ2n) is 6.60. The van der Waals surface area contributed by atoms with Crippen molar-refractivity contribution in [3.63, 3.8) is 0 Å². The van der Waals surface area contributed by atoms with E-state index >= 15 is 0 Å². The van der Waals surface area contributed by atoms with Crippen LogP contribution in [0.3, 0.4) is 0 Å². The molecule has 10 heteroatoms. The summed E-state index contributed by atoms with van der Waals surface area (Å²) in [6.07, 6.45) is 0. The van der Waals surface area contributed by atoms with Crippen molar-refractivity contribution in [3.05, 3.63) is 77.3 Å². The average molecular weight is 536 g/mol. The van der Waals surface area contributed by atoms with Gasteiger partial charge in [-0.1, -0.05) is 46.4 Å². The van der Waals surface area contributed by atoms with E-state index < -0.39 is 11.8 Å². The van der Waals surface area contributed by atoms with Gasteiger partial charge in [0, 0.05) is 31.9 Å². The van der Waals surface area contributed by atoms with Crippen molar-refractivity contribution in [2.75, 3.05) is 0 Å². The van der Waals surface area contributed by atoms with Gasteiger partial charge in [-0.05, 0) is 36.4 Å². The lowest BCUT2D eigenvalue weighted by Gasteiger charge is -2.10. The molecule has 0 amide bonds. The maximum Gasteiger partial charge on any atom is 0.120 e. The zero-order chi connectivity index (χ0) is 22.8. The Morgan fingerprint density at radius 2 is 1.09 bits per heavy atom. The SMILES string of the molecule is N#CC(c1nc(-c2ccc(Cl)cc2Cl)cs1)C(C#N)c1nc(-c2ccc(Cl)cc2Cl)cs1. The van der Waals surface area contributed by atoms with Crippen LogP contribution in [0, 0.1) is 22.7 Å². The Balaban J connectivity index is 1.66. The molecule has 2 heterocycles. The van der Waals surface area contributed by atoms with Crippen LogP contribution in [0.5, 0.6) is 0 Å². The van der Waals surface area contributed by atoms with E-state index in [2.05, 4.69) is 22.1 Å². The number of benzene rings is 2. The Morgan fingerprint density at radius 3 is 1.44 bits per heavy atom. The van der Waals surface area contributed by atoms with Crippen molar-refractivity contribution < 1.29 is 0 Å². The van der Waals surface area contributed by atoms with Gasteiger partial charge in [-0.25, -0.2) is 9.97 Å². The molecule has 2 unspecified atom stereocenters. The molecule has 2 aromatic heterocycles. The number of aromatic nitrogens is 2. The van der Waals surface area contributed by atoms with Crippen LogP contribution in [-0.4, -0.2) is 9.97 Å². The Labute approximate surface area is 212 Å². The molecule has 0 saturated heterocycles. The first-order valence-electron chi connectivity index (χ1n) is 9.02. The minimum absolute atomic E-state index is 0.462. The van der Waals surface area contributed by atoms with Gasteiger partial charge >= 0.3 is 0 Å². The van der Waals surface area contributed by atoms with E-state index in [-0.39, 0.29) is 0 Å². The normalized spacial score (nSPS) is 12.7. The highest BCUT2D eigenvalue weighted by Gasteiger charge is 2.30. The number of rotatable bonds is 5. The van der Waals surface area contributed by atoms with Crippen LogP contribution in [0.2, 0.25) is 20.1 Å². The molecule has 0 aliphatic rings. The van der Waals surface area contributed by atoms with Crippen LogP contribution in [-0.2, 0) is 0 Å². The quantitative estimate of drug-likeness (QED) is 0.257. The van der Waals surface area contributed by atoms with Gasteiger partial charge in [0.1, 0.15) is 21.9 Å². The fourth-order valence-corrected chi connectivity index (χ4v) is 5.86. The topological polar surface area (TPSA) is 73.4 Å². The third-order valence-electron chi connectivity index (χ3n) is 4.60. The molecule has 0 bridgehead atoms. The molecule has 0 spiro atoms. The molecule has 2 aromatic carbocycles.